The first-order valence-electron chi connectivity index (χ1n) is 7.74. The smallest absolute Gasteiger partial charge is 0.285 e. The molecule has 1 aliphatic rings. The van der Waals surface area contributed by atoms with Gasteiger partial charge in [0, 0.05) is 9.50 Å². The minimum absolute atomic E-state index is 0.228. The molecule has 1 saturated heterocycles. The molecule has 0 saturated carbocycles. The van der Waals surface area contributed by atoms with E-state index in [0.717, 1.165) is 26.8 Å². The molecule has 2 aromatic rings. The van der Waals surface area contributed by atoms with Gasteiger partial charge in [-0.3, -0.25) is 15.0 Å². The average molecular weight is 518 g/mol. The molecule has 0 bridgehead atoms. The van der Waals surface area contributed by atoms with Gasteiger partial charge in [-0.25, -0.2) is 0 Å². The standard InChI is InChI=1S/C18H11BrCl2N2O3S2/c19-11-3-1-10(2-4-11)7-15-17(25)23(18(27)28-15)22-16(24)9-26-14-6-5-12(20)8-13(14)21/h1-8H,9H2,(H,22,24)/b15-7+. The number of nitrogens with zero attached hydrogens (tertiary/aromatic N) is 1. The molecule has 2 aromatic carbocycles. The van der Waals surface area contributed by atoms with Crippen molar-refractivity contribution in [2.24, 2.45) is 0 Å². The fraction of sp³-hybridized carbons (Fsp3) is 0.0556. The van der Waals surface area contributed by atoms with Crippen LogP contribution >= 0.6 is 63.1 Å². The molecule has 3 rings (SSSR count). The van der Waals surface area contributed by atoms with Gasteiger partial charge >= 0.3 is 0 Å². The van der Waals surface area contributed by atoms with E-state index in [-0.39, 0.29) is 16.0 Å². The van der Waals surface area contributed by atoms with E-state index in [1.165, 1.54) is 6.07 Å². The molecule has 2 amide bonds. The second-order valence-electron chi connectivity index (χ2n) is 5.47. The minimum atomic E-state index is -0.549. The van der Waals surface area contributed by atoms with Crippen LogP contribution in [0.25, 0.3) is 6.08 Å². The van der Waals surface area contributed by atoms with Crippen LogP contribution in [0.4, 0.5) is 0 Å². The Morgan fingerprint density at radius 3 is 2.64 bits per heavy atom. The molecule has 0 atom stereocenters. The lowest BCUT2D eigenvalue weighted by atomic mass is 10.2. The van der Waals surface area contributed by atoms with Gasteiger partial charge < -0.3 is 4.74 Å². The van der Waals surface area contributed by atoms with Gasteiger partial charge in [0.05, 0.1) is 9.93 Å². The van der Waals surface area contributed by atoms with Crippen molar-refractivity contribution in [3.8, 4) is 5.75 Å². The molecule has 0 spiro atoms. The molecule has 1 N–H and O–H groups in total. The van der Waals surface area contributed by atoms with Crippen LogP contribution in [0.1, 0.15) is 5.56 Å². The summed E-state index contributed by atoms with van der Waals surface area (Å²) >= 11 is 21.5. The quantitative estimate of drug-likeness (QED) is 0.443. The van der Waals surface area contributed by atoms with Crippen molar-refractivity contribution >= 4 is 85.3 Å². The van der Waals surface area contributed by atoms with Gasteiger partial charge in [0.1, 0.15) is 5.75 Å². The van der Waals surface area contributed by atoms with Gasteiger partial charge in [-0.05, 0) is 54.2 Å². The van der Waals surface area contributed by atoms with E-state index < -0.39 is 11.8 Å². The van der Waals surface area contributed by atoms with Crippen molar-refractivity contribution in [1.29, 1.82) is 0 Å². The van der Waals surface area contributed by atoms with Crippen LogP contribution < -0.4 is 10.2 Å². The number of carbonyl (C=O) groups is 2. The van der Waals surface area contributed by atoms with Crippen molar-refractivity contribution in [2.75, 3.05) is 6.61 Å². The summed E-state index contributed by atoms with van der Waals surface area (Å²) in [6.45, 7) is -0.343. The number of benzene rings is 2. The maximum atomic E-state index is 12.5. The summed E-state index contributed by atoms with van der Waals surface area (Å²) < 4.78 is 6.52. The van der Waals surface area contributed by atoms with Crippen molar-refractivity contribution in [3.63, 3.8) is 0 Å². The SMILES string of the molecule is O=C(COc1ccc(Cl)cc1Cl)NN1C(=O)/C(=C\c2ccc(Br)cc2)SC1=S. The predicted octanol–water partition coefficient (Wildman–Crippen LogP) is 5.07. The van der Waals surface area contributed by atoms with Gasteiger partial charge in [-0.2, -0.15) is 5.01 Å². The molecule has 10 heteroatoms. The number of hydrazine groups is 1. The Morgan fingerprint density at radius 2 is 1.96 bits per heavy atom. The number of amides is 2. The lowest BCUT2D eigenvalue weighted by Gasteiger charge is -2.16. The zero-order valence-electron chi connectivity index (χ0n) is 13.9. The predicted molar refractivity (Wildman–Crippen MR) is 119 cm³/mol. The third kappa shape index (κ3) is 5.27. The third-order valence-electron chi connectivity index (χ3n) is 3.45. The molecule has 5 nitrogen and oxygen atoms in total. The number of thioether (sulfide) groups is 1. The Bertz CT molecular complexity index is 983. The first-order valence-corrected chi connectivity index (χ1v) is 10.5. The van der Waals surface area contributed by atoms with E-state index in [0.29, 0.717) is 15.7 Å². The molecular formula is C18H11BrCl2N2O3S2. The Hall–Kier alpha value is -1.58. The van der Waals surface area contributed by atoms with Gasteiger partial charge in [-0.1, -0.05) is 63.0 Å². The number of carbonyl (C=O) groups excluding carboxylic acids is 2. The fourth-order valence-electron chi connectivity index (χ4n) is 2.17. The molecule has 0 aromatic heterocycles. The third-order valence-corrected chi connectivity index (χ3v) is 5.81. The maximum absolute atomic E-state index is 12.5. The van der Waals surface area contributed by atoms with Crippen molar-refractivity contribution in [1.82, 2.24) is 10.4 Å². The summed E-state index contributed by atoms with van der Waals surface area (Å²) in [6.07, 6.45) is 1.71. The highest BCUT2D eigenvalue weighted by molar-refractivity contribution is 9.10. The Balaban J connectivity index is 1.62. The summed E-state index contributed by atoms with van der Waals surface area (Å²) in [5, 5.41) is 1.76. The molecule has 28 heavy (non-hydrogen) atoms. The normalized spacial score (nSPS) is 15.2. The van der Waals surface area contributed by atoms with Crippen molar-refractivity contribution < 1.29 is 14.3 Å². The Kier molecular flexibility index (Phi) is 7.00. The molecule has 144 valence electrons. The molecular weight excluding hydrogens is 507 g/mol. The van der Waals surface area contributed by atoms with E-state index in [1.807, 2.05) is 24.3 Å². The van der Waals surface area contributed by atoms with Gasteiger partial charge in [0.25, 0.3) is 11.8 Å². The maximum Gasteiger partial charge on any atom is 0.285 e. The highest BCUT2D eigenvalue weighted by Crippen LogP contribution is 2.31. The first kappa shape index (κ1) is 21.1. The number of rotatable bonds is 5. The van der Waals surface area contributed by atoms with Crippen LogP contribution in [0.15, 0.2) is 51.8 Å². The van der Waals surface area contributed by atoms with Crippen LogP contribution in [0.3, 0.4) is 0 Å². The molecule has 0 unspecified atom stereocenters. The summed E-state index contributed by atoms with van der Waals surface area (Å²) in [4.78, 5) is 25.1. The van der Waals surface area contributed by atoms with E-state index in [4.69, 9.17) is 40.2 Å². The number of ether oxygens (including phenoxy) is 1. The minimum Gasteiger partial charge on any atom is -0.482 e. The van der Waals surface area contributed by atoms with Gasteiger partial charge in [0.2, 0.25) is 0 Å². The monoisotopic (exact) mass is 516 g/mol. The highest BCUT2D eigenvalue weighted by atomic mass is 79.9. The number of hydrogen-bond donors (Lipinski definition) is 1. The molecule has 1 fully saturated rings. The number of halogens is 3. The van der Waals surface area contributed by atoms with Crippen molar-refractivity contribution in [2.45, 2.75) is 0 Å². The Labute approximate surface area is 189 Å². The summed E-state index contributed by atoms with van der Waals surface area (Å²) in [5.41, 5.74) is 3.29. The van der Waals surface area contributed by atoms with E-state index in [2.05, 4.69) is 21.4 Å². The summed E-state index contributed by atoms with van der Waals surface area (Å²) in [7, 11) is 0. The fourth-order valence-corrected chi connectivity index (χ4v) is 4.07. The van der Waals surface area contributed by atoms with Crippen LogP contribution in [-0.2, 0) is 9.59 Å². The molecule has 1 heterocycles. The van der Waals surface area contributed by atoms with Crippen molar-refractivity contribution in [3.05, 3.63) is 67.5 Å². The second-order valence-corrected chi connectivity index (χ2v) is 8.90. The number of thiocarbonyl (C=S) groups is 1. The zero-order valence-corrected chi connectivity index (χ0v) is 18.7. The number of hydrogen-bond acceptors (Lipinski definition) is 5. The number of nitrogens with one attached hydrogen (secondary N) is 1. The Morgan fingerprint density at radius 1 is 1.25 bits per heavy atom. The van der Waals surface area contributed by atoms with Gasteiger partial charge in [-0.15, -0.1) is 0 Å². The molecule has 0 aliphatic carbocycles. The average Bonchev–Trinajstić information content (AvgIpc) is 2.90. The van der Waals surface area contributed by atoms with Crippen LogP contribution in [0.5, 0.6) is 5.75 Å². The topological polar surface area (TPSA) is 58.6 Å². The van der Waals surface area contributed by atoms with Gasteiger partial charge in [0.15, 0.2) is 10.9 Å². The second kappa shape index (κ2) is 9.28. The lowest BCUT2D eigenvalue weighted by Crippen LogP contribution is -2.46. The molecule has 1 aliphatic heterocycles. The van der Waals surface area contributed by atoms with E-state index in [9.17, 15) is 9.59 Å². The lowest BCUT2D eigenvalue weighted by molar-refractivity contribution is -0.134. The van der Waals surface area contributed by atoms with Crippen LogP contribution in [0.2, 0.25) is 10.0 Å². The summed E-state index contributed by atoms with van der Waals surface area (Å²) in [6, 6.07) is 12.1. The van der Waals surface area contributed by atoms with E-state index in [1.54, 1.807) is 18.2 Å². The summed E-state index contributed by atoms with van der Waals surface area (Å²) in [5.74, 6) is -0.648. The molecule has 0 radical (unpaired) electrons. The zero-order chi connectivity index (χ0) is 20.3. The highest BCUT2D eigenvalue weighted by Gasteiger charge is 2.33. The van der Waals surface area contributed by atoms with Crippen LogP contribution in [-0.4, -0.2) is 27.8 Å². The first-order chi connectivity index (χ1) is 13.3. The van der Waals surface area contributed by atoms with Crippen LogP contribution in [0, 0.1) is 0 Å². The van der Waals surface area contributed by atoms with E-state index >= 15 is 0 Å². The largest absolute Gasteiger partial charge is 0.482 e.